The highest BCUT2D eigenvalue weighted by Gasteiger charge is 2.12. The zero-order chi connectivity index (χ0) is 14.8. The van der Waals surface area contributed by atoms with Gasteiger partial charge in [-0.1, -0.05) is 36.4 Å². The summed E-state index contributed by atoms with van der Waals surface area (Å²) in [5.41, 5.74) is 3.45. The van der Waals surface area contributed by atoms with Crippen LogP contribution in [0.4, 0.5) is 0 Å². The highest BCUT2D eigenvalue weighted by Crippen LogP contribution is 2.25. The first-order valence-electron chi connectivity index (χ1n) is 7.03. The molecule has 1 amide bonds. The summed E-state index contributed by atoms with van der Waals surface area (Å²) in [4.78, 5) is 13.2. The average Bonchev–Trinajstić information content (AvgIpc) is 2.87. The van der Waals surface area contributed by atoms with Gasteiger partial charge in [0.05, 0.1) is 5.52 Å². The molecule has 3 heteroatoms. The number of rotatable bonds is 3. The van der Waals surface area contributed by atoms with Crippen LogP contribution in [0.2, 0.25) is 0 Å². The molecule has 3 aromatic rings. The van der Waals surface area contributed by atoms with Crippen molar-refractivity contribution in [2.24, 2.45) is 0 Å². The van der Waals surface area contributed by atoms with Gasteiger partial charge in [0, 0.05) is 37.8 Å². The highest BCUT2D eigenvalue weighted by atomic mass is 16.2. The van der Waals surface area contributed by atoms with Crippen LogP contribution in [0.1, 0.15) is 12.5 Å². The van der Waals surface area contributed by atoms with Gasteiger partial charge in [-0.3, -0.25) is 4.79 Å². The van der Waals surface area contributed by atoms with Gasteiger partial charge in [-0.15, -0.1) is 0 Å². The summed E-state index contributed by atoms with van der Waals surface area (Å²) < 4.78 is 2.18. The summed E-state index contributed by atoms with van der Waals surface area (Å²) in [6.07, 6.45) is 2.12. The molecule has 0 saturated carbocycles. The molecule has 0 fully saturated rings. The molecule has 0 radical (unpaired) electrons. The zero-order valence-electron chi connectivity index (χ0n) is 12.3. The first-order valence-corrected chi connectivity index (χ1v) is 7.03. The lowest BCUT2D eigenvalue weighted by molar-refractivity contribution is -0.128. The predicted molar refractivity (Wildman–Crippen MR) is 85.4 cm³/mol. The Hall–Kier alpha value is -2.55. The molecule has 0 N–H and O–H groups in total. The number of para-hydroxylation sites is 2. The lowest BCUT2D eigenvalue weighted by Gasteiger charge is -2.13. The van der Waals surface area contributed by atoms with Gasteiger partial charge in [-0.2, -0.15) is 0 Å². The van der Waals surface area contributed by atoms with Crippen LogP contribution >= 0.6 is 0 Å². The van der Waals surface area contributed by atoms with Crippen molar-refractivity contribution < 1.29 is 4.79 Å². The number of hydrogen-bond donors (Lipinski definition) is 0. The number of hydrogen-bond acceptors (Lipinski definition) is 1. The van der Waals surface area contributed by atoms with E-state index in [1.54, 1.807) is 11.8 Å². The molecule has 0 saturated heterocycles. The molecule has 1 heterocycles. The van der Waals surface area contributed by atoms with Crippen LogP contribution in [0.15, 0.2) is 60.8 Å². The van der Waals surface area contributed by atoms with Crippen molar-refractivity contribution in [3.63, 3.8) is 0 Å². The molecule has 106 valence electrons. The Morgan fingerprint density at radius 1 is 1.05 bits per heavy atom. The summed E-state index contributed by atoms with van der Waals surface area (Å²) in [6, 6.07) is 18.6. The third-order valence-corrected chi connectivity index (χ3v) is 3.77. The van der Waals surface area contributed by atoms with E-state index in [2.05, 4.69) is 35.0 Å². The van der Waals surface area contributed by atoms with Gasteiger partial charge in [-0.05, 0) is 23.8 Å². The van der Waals surface area contributed by atoms with Gasteiger partial charge >= 0.3 is 0 Å². The number of fused-ring (bicyclic) bond motifs is 1. The third-order valence-electron chi connectivity index (χ3n) is 3.77. The fourth-order valence-corrected chi connectivity index (χ4v) is 2.55. The number of carbonyl (C=O) groups is 1. The van der Waals surface area contributed by atoms with E-state index < -0.39 is 0 Å². The first-order chi connectivity index (χ1) is 10.2. The van der Waals surface area contributed by atoms with E-state index in [9.17, 15) is 4.79 Å². The van der Waals surface area contributed by atoms with Crippen molar-refractivity contribution in [2.75, 3.05) is 7.05 Å². The zero-order valence-corrected chi connectivity index (χ0v) is 12.3. The van der Waals surface area contributed by atoms with Gasteiger partial charge in [0.15, 0.2) is 0 Å². The number of carbonyl (C=O) groups excluding carboxylic acids is 1. The van der Waals surface area contributed by atoms with E-state index >= 15 is 0 Å². The van der Waals surface area contributed by atoms with E-state index in [-0.39, 0.29) is 5.91 Å². The molecule has 0 unspecified atom stereocenters. The standard InChI is InChI=1S/C18H18N2O/c1-14(21)19(2)12-15-13-20(16-8-4-3-5-9-16)18-11-7-6-10-17(15)18/h3-11,13H,12H2,1-2H3. The normalized spacial score (nSPS) is 10.8. The Morgan fingerprint density at radius 3 is 2.43 bits per heavy atom. The molecular weight excluding hydrogens is 260 g/mol. The van der Waals surface area contributed by atoms with E-state index in [0.29, 0.717) is 6.54 Å². The first kappa shape index (κ1) is 13.4. The van der Waals surface area contributed by atoms with Gasteiger partial charge in [0.1, 0.15) is 0 Å². The molecule has 0 aliphatic carbocycles. The lowest BCUT2D eigenvalue weighted by Crippen LogP contribution is -2.22. The quantitative estimate of drug-likeness (QED) is 0.718. The molecule has 3 rings (SSSR count). The molecule has 2 aromatic carbocycles. The molecular formula is C18H18N2O. The molecule has 0 aliphatic rings. The minimum Gasteiger partial charge on any atom is -0.342 e. The SMILES string of the molecule is CC(=O)N(C)Cc1cn(-c2ccccc2)c2ccccc12. The van der Waals surface area contributed by atoms with Crippen molar-refractivity contribution in [1.82, 2.24) is 9.47 Å². The summed E-state index contributed by atoms with van der Waals surface area (Å²) in [5.74, 6) is 0.0755. The molecule has 0 aliphatic heterocycles. The molecule has 0 spiro atoms. The van der Waals surface area contributed by atoms with Crippen molar-refractivity contribution in [3.8, 4) is 5.69 Å². The average molecular weight is 278 g/mol. The van der Waals surface area contributed by atoms with Crippen molar-refractivity contribution in [2.45, 2.75) is 13.5 Å². The largest absolute Gasteiger partial charge is 0.342 e. The van der Waals surface area contributed by atoms with Gasteiger partial charge < -0.3 is 9.47 Å². The Balaban J connectivity index is 2.12. The van der Waals surface area contributed by atoms with Crippen molar-refractivity contribution >= 4 is 16.8 Å². The van der Waals surface area contributed by atoms with Crippen LogP contribution in [-0.2, 0) is 11.3 Å². The fraction of sp³-hybridized carbons (Fsp3) is 0.167. The minimum absolute atomic E-state index is 0.0755. The number of nitrogens with zero attached hydrogens (tertiary/aromatic N) is 2. The summed E-state index contributed by atoms with van der Waals surface area (Å²) in [7, 11) is 1.83. The maximum Gasteiger partial charge on any atom is 0.219 e. The van der Waals surface area contributed by atoms with Gasteiger partial charge in [0.25, 0.3) is 0 Å². The van der Waals surface area contributed by atoms with Crippen LogP contribution < -0.4 is 0 Å². The number of amides is 1. The lowest BCUT2D eigenvalue weighted by atomic mass is 10.1. The Kier molecular flexibility index (Phi) is 3.48. The van der Waals surface area contributed by atoms with Crippen LogP contribution in [0.5, 0.6) is 0 Å². The second-order valence-corrected chi connectivity index (χ2v) is 5.25. The van der Waals surface area contributed by atoms with Crippen LogP contribution in [0, 0.1) is 0 Å². The topological polar surface area (TPSA) is 25.2 Å². The van der Waals surface area contributed by atoms with Crippen LogP contribution in [0.25, 0.3) is 16.6 Å². The molecule has 0 bridgehead atoms. The highest BCUT2D eigenvalue weighted by molar-refractivity contribution is 5.86. The van der Waals surface area contributed by atoms with Crippen LogP contribution in [-0.4, -0.2) is 22.4 Å². The molecule has 3 nitrogen and oxygen atoms in total. The maximum atomic E-state index is 11.5. The van der Waals surface area contributed by atoms with Crippen LogP contribution in [0.3, 0.4) is 0 Å². The number of aromatic nitrogens is 1. The Bertz CT molecular complexity index is 774. The predicted octanol–water partition coefficient (Wildman–Crippen LogP) is 3.61. The summed E-state index contributed by atoms with van der Waals surface area (Å²) >= 11 is 0. The second-order valence-electron chi connectivity index (χ2n) is 5.25. The summed E-state index contributed by atoms with van der Waals surface area (Å²) in [6.45, 7) is 2.21. The van der Waals surface area contributed by atoms with Gasteiger partial charge in [0.2, 0.25) is 5.91 Å². The third kappa shape index (κ3) is 2.55. The van der Waals surface area contributed by atoms with Crippen molar-refractivity contribution in [3.05, 3.63) is 66.4 Å². The smallest absolute Gasteiger partial charge is 0.219 e. The maximum absolute atomic E-state index is 11.5. The van der Waals surface area contributed by atoms with E-state index in [4.69, 9.17) is 0 Å². The molecule has 0 atom stereocenters. The van der Waals surface area contributed by atoms with Gasteiger partial charge in [-0.25, -0.2) is 0 Å². The monoisotopic (exact) mass is 278 g/mol. The minimum atomic E-state index is 0.0755. The Morgan fingerprint density at radius 2 is 1.71 bits per heavy atom. The van der Waals surface area contributed by atoms with E-state index in [1.807, 2.05) is 37.4 Å². The fourth-order valence-electron chi connectivity index (χ4n) is 2.55. The Labute approximate surface area is 124 Å². The molecule has 21 heavy (non-hydrogen) atoms. The van der Waals surface area contributed by atoms with E-state index in [0.717, 1.165) is 16.8 Å². The summed E-state index contributed by atoms with van der Waals surface area (Å²) in [5, 5.41) is 1.19. The van der Waals surface area contributed by atoms with Crippen molar-refractivity contribution in [1.29, 1.82) is 0 Å². The van der Waals surface area contributed by atoms with E-state index in [1.165, 1.54) is 5.39 Å². The number of benzene rings is 2. The second kappa shape index (κ2) is 5.44. The molecule has 1 aromatic heterocycles.